The number of pyridine rings is 1. The van der Waals surface area contributed by atoms with E-state index in [0.29, 0.717) is 35.5 Å². The number of rotatable bonds is 6. The molecular weight excluding hydrogens is 401 g/mol. The van der Waals surface area contributed by atoms with Crippen LogP contribution in [0.15, 0.2) is 48.4 Å². The van der Waals surface area contributed by atoms with Crippen molar-refractivity contribution in [1.29, 1.82) is 0 Å². The molecular formula is C23H22FN3O4. The summed E-state index contributed by atoms with van der Waals surface area (Å²) in [4.78, 5) is 27.6. The molecule has 0 fully saturated rings. The molecule has 31 heavy (non-hydrogen) atoms. The van der Waals surface area contributed by atoms with Crippen molar-refractivity contribution in [3.05, 3.63) is 71.0 Å². The fraction of sp³-hybridized carbons (Fsp3) is 0.261. The van der Waals surface area contributed by atoms with E-state index < -0.39 is 17.4 Å². The number of hydrogen-bond acceptors (Lipinski definition) is 5. The number of fused-ring (bicyclic) bond motifs is 1. The highest BCUT2D eigenvalue weighted by molar-refractivity contribution is 6.32. The van der Waals surface area contributed by atoms with Crippen LogP contribution in [0, 0.1) is 5.82 Å². The predicted octanol–water partition coefficient (Wildman–Crippen LogP) is 2.99. The van der Waals surface area contributed by atoms with Gasteiger partial charge in [0.15, 0.2) is 0 Å². The van der Waals surface area contributed by atoms with Crippen molar-refractivity contribution in [1.82, 2.24) is 10.3 Å². The second-order valence-electron chi connectivity index (χ2n) is 7.91. The minimum absolute atomic E-state index is 0.0860. The number of anilines is 1. The molecule has 4 rings (SSSR count). The van der Waals surface area contributed by atoms with Crippen LogP contribution in [0.25, 0.3) is 11.1 Å². The summed E-state index contributed by atoms with van der Waals surface area (Å²) in [5, 5.41) is 14.2. The molecule has 0 aliphatic carbocycles. The third-order valence-electron chi connectivity index (χ3n) is 5.23. The van der Waals surface area contributed by atoms with Gasteiger partial charge < -0.3 is 20.5 Å². The zero-order valence-corrected chi connectivity index (χ0v) is 17.2. The molecule has 8 heteroatoms. The van der Waals surface area contributed by atoms with Crippen LogP contribution >= 0.6 is 0 Å². The molecule has 0 saturated carbocycles. The van der Waals surface area contributed by atoms with Gasteiger partial charge in [-0.3, -0.25) is 14.6 Å². The van der Waals surface area contributed by atoms with Gasteiger partial charge in [-0.25, -0.2) is 4.39 Å². The number of ether oxygens (including phenoxy) is 1. The highest BCUT2D eigenvalue weighted by atomic mass is 19.1. The van der Waals surface area contributed by atoms with Crippen LogP contribution in [-0.4, -0.2) is 40.7 Å². The van der Waals surface area contributed by atoms with Crippen molar-refractivity contribution < 1.29 is 23.8 Å². The Morgan fingerprint density at radius 1 is 1.29 bits per heavy atom. The highest BCUT2D eigenvalue weighted by Crippen LogP contribution is 2.44. The minimum atomic E-state index is -0.896. The number of hydrogen-bond donors (Lipinski definition) is 3. The van der Waals surface area contributed by atoms with E-state index in [1.807, 2.05) is 32.1 Å². The van der Waals surface area contributed by atoms with Gasteiger partial charge in [0.25, 0.3) is 5.91 Å². The van der Waals surface area contributed by atoms with Crippen molar-refractivity contribution in [2.75, 3.05) is 18.4 Å². The van der Waals surface area contributed by atoms with Crippen molar-refractivity contribution in [3.63, 3.8) is 0 Å². The van der Waals surface area contributed by atoms with Crippen LogP contribution in [0.3, 0.4) is 0 Å². The van der Waals surface area contributed by atoms with E-state index in [1.165, 1.54) is 12.1 Å². The number of carboxylic acid groups (broad SMARTS) is 1. The Labute approximate surface area is 178 Å². The van der Waals surface area contributed by atoms with Crippen molar-refractivity contribution in [3.8, 4) is 0 Å². The largest absolute Gasteiger partial charge is 0.482 e. The molecule has 160 valence electrons. The summed E-state index contributed by atoms with van der Waals surface area (Å²) in [5.41, 5.74) is 3.31. The van der Waals surface area contributed by atoms with E-state index in [2.05, 4.69) is 15.6 Å². The lowest BCUT2D eigenvalue weighted by atomic mass is 9.93. The molecule has 0 atom stereocenters. The summed E-state index contributed by atoms with van der Waals surface area (Å²) in [7, 11) is 0. The van der Waals surface area contributed by atoms with E-state index in [4.69, 9.17) is 9.84 Å². The van der Waals surface area contributed by atoms with Gasteiger partial charge in [0.05, 0.1) is 17.8 Å². The summed E-state index contributed by atoms with van der Waals surface area (Å²) < 4.78 is 19.6. The lowest BCUT2D eigenvalue weighted by molar-refractivity contribution is -0.136. The average Bonchev–Trinajstić information content (AvgIpc) is 3.19. The Hall–Kier alpha value is -3.52. The van der Waals surface area contributed by atoms with E-state index >= 15 is 0 Å². The van der Waals surface area contributed by atoms with Gasteiger partial charge in [-0.2, -0.15) is 0 Å². The normalized spacial score (nSPS) is 18.9. The Kier molecular flexibility index (Phi) is 5.32. The first-order valence-electron chi connectivity index (χ1n) is 9.89. The Morgan fingerprint density at radius 3 is 2.81 bits per heavy atom. The molecule has 0 spiro atoms. The van der Waals surface area contributed by atoms with E-state index in [9.17, 15) is 14.0 Å². The quantitative estimate of drug-likeness (QED) is 0.488. The van der Waals surface area contributed by atoms with Crippen LogP contribution in [0.2, 0.25) is 0 Å². The smallest absolute Gasteiger partial charge is 0.317 e. The number of aromatic nitrogens is 1. The third-order valence-corrected chi connectivity index (χ3v) is 5.23. The molecule has 1 aromatic carbocycles. The summed E-state index contributed by atoms with van der Waals surface area (Å²) >= 11 is 0. The molecule has 0 bridgehead atoms. The van der Waals surface area contributed by atoms with Gasteiger partial charge in [-0.1, -0.05) is 6.07 Å². The molecule has 1 aromatic heterocycles. The standard InChI is InChI=1S/C23H22FN3O4/c1-23(2)17(13-3-5-15(26-11-13)7-8-25-12-20(28)29)10-19(31-23)21-16-6-4-14(24)9-18(16)27-22(21)30/h3-6,9-11,25H,7-8,12H2,1-2H3,(H,27,30)(H,28,29)/b21-19+. The van der Waals surface area contributed by atoms with Crippen molar-refractivity contribution in [2.45, 2.75) is 25.9 Å². The minimum Gasteiger partial charge on any atom is -0.482 e. The summed E-state index contributed by atoms with van der Waals surface area (Å²) in [6.07, 6.45) is 4.18. The van der Waals surface area contributed by atoms with Gasteiger partial charge in [0.1, 0.15) is 17.2 Å². The monoisotopic (exact) mass is 423 g/mol. The molecule has 3 N–H and O–H groups in total. The molecule has 3 heterocycles. The SMILES string of the molecule is CC1(C)O/C(=C2/C(=O)Nc3cc(F)ccc32)C=C1c1ccc(CCNCC(=O)O)nc1. The molecule has 7 nitrogen and oxygen atoms in total. The number of benzene rings is 1. The number of halogens is 1. The van der Waals surface area contributed by atoms with Crippen molar-refractivity contribution in [2.24, 2.45) is 0 Å². The van der Waals surface area contributed by atoms with Gasteiger partial charge in [0.2, 0.25) is 0 Å². The fourth-order valence-electron chi connectivity index (χ4n) is 3.75. The third kappa shape index (κ3) is 4.20. The summed E-state index contributed by atoms with van der Waals surface area (Å²) in [6, 6.07) is 8.00. The number of nitrogens with one attached hydrogen (secondary N) is 2. The topological polar surface area (TPSA) is 101 Å². The predicted molar refractivity (Wildman–Crippen MR) is 114 cm³/mol. The van der Waals surface area contributed by atoms with Crippen LogP contribution in [-0.2, 0) is 20.7 Å². The van der Waals surface area contributed by atoms with E-state index in [-0.39, 0.29) is 12.5 Å². The number of allylic oxidation sites excluding steroid dienone is 1. The van der Waals surface area contributed by atoms with E-state index in [0.717, 1.165) is 16.8 Å². The zero-order chi connectivity index (χ0) is 22.2. The molecule has 2 aromatic rings. The lowest BCUT2D eigenvalue weighted by Crippen LogP contribution is -2.24. The van der Waals surface area contributed by atoms with Crippen LogP contribution < -0.4 is 10.6 Å². The number of carboxylic acids is 1. The average molecular weight is 423 g/mol. The van der Waals surface area contributed by atoms with Crippen LogP contribution in [0.4, 0.5) is 10.1 Å². The van der Waals surface area contributed by atoms with E-state index in [1.54, 1.807) is 12.3 Å². The van der Waals surface area contributed by atoms with Crippen molar-refractivity contribution >= 4 is 28.7 Å². The summed E-state index contributed by atoms with van der Waals surface area (Å²) in [5.74, 6) is -1.21. The van der Waals surface area contributed by atoms with Gasteiger partial charge in [-0.15, -0.1) is 0 Å². The Bertz CT molecular complexity index is 1120. The Morgan fingerprint density at radius 2 is 2.10 bits per heavy atom. The molecule has 0 saturated heterocycles. The second kappa shape index (κ2) is 7.96. The van der Waals surface area contributed by atoms with Gasteiger partial charge in [-0.05, 0) is 44.2 Å². The molecule has 2 aliphatic heterocycles. The molecule has 1 amide bonds. The summed E-state index contributed by atoms with van der Waals surface area (Å²) in [6.45, 7) is 4.25. The lowest BCUT2D eigenvalue weighted by Gasteiger charge is -2.23. The van der Waals surface area contributed by atoms with Crippen LogP contribution in [0.1, 0.15) is 30.7 Å². The first-order chi connectivity index (χ1) is 14.7. The van der Waals surface area contributed by atoms with Gasteiger partial charge in [0, 0.05) is 41.6 Å². The second-order valence-corrected chi connectivity index (χ2v) is 7.91. The van der Waals surface area contributed by atoms with Crippen LogP contribution in [0.5, 0.6) is 0 Å². The van der Waals surface area contributed by atoms with Gasteiger partial charge >= 0.3 is 5.97 Å². The zero-order valence-electron chi connectivity index (χ0n) is 17.2. The highest BCUT2D eigenvalue weighted by Gasteiger charge is 2.38. The fourth-order valence-corrected chi connectivity index (χ4v) is 3.75. The molecule has 0 unspecified atom stereocenters. The number of amides is 1. The first-order valence-corrected chi connectivity index (χ1v) is 9.89. The maximum absolute atomic E-state index is 13.5. The molecule has 0 radical (unpaired) electrons. The number of carbonyl (C=O) groups excluding carboxylic acids is 1. The number of carbonyl (C=O) groups is 2. The number of aliphatic carboxylic acids is 1. The maximum atomic E-state index is 13.5. The first kappa shape index (κ1) is 20.7. The Balaban J connectivity index is 1.59. The molecule has 2 aliphatic rings. The maximum Gasteiger partial charge on any atom is 0.317 e. The number of nitrogens with zero attached hydrogens (tertiary/aromatic N) is 1.